The number of hydrogen-bond donors (Lipinski definition) is 1. The first kappa shape index (κ1) is 22.2. The molecular formula is C28H26N2O3. The van der Waals surface area contributed by atoms with E-state index in [1.807, 2.05) is 44.2 Å². The Bertz CT molecular complexity index is 1280. The number of amides is 4. The predicted molar refractivity (Wildman–Crippen MR) is 130 cm³/mol. The second kappa shape index (κ2) is 8.87. The second-order valence-corrected chi connectivity index (χ2v) is 8.59. The number of benzene rings is 3. The monoisotopic (exact) mass is 438 g/mol. The predicted octanol–water partition coefficient (Wildman–Crippen LogP) is 5.18. The van der Waals surface area contributed by atoms with Crippen LogP contribution >= 0.6 is 0 Å². The number of urea groups is 1. The van der Waals surface area contributed by atoms with E-state index in [9.17, 15) is 14.4 Å². The molecule has 0 aromatic heterocycles. The van der Waals surface area contributed by atoms with Crippen molar-refractivity contribution in [1.29, 1.82) is 0 Å². The number of nitrogens with one attached hydrogen (secondary N) is 1. The summed E-state index contributed by atoms with van der Waals surface area (Å²) in [6.07, 6.45) is 2.33. The minimum absolute atomic E-state index is 0.0717. The van der Waals surface area contributed by atoms with Gasteiger partial charge < -0.3 is 0 Å². The molecule has 5 heteroatoms. The van der Waals surface area contributed by atoms with Crippen LogP contribution in [0.5, 0.6) is 0 Å². The van der Waals surface area contributed by atoms with E-state index in [1.54, 1.807) is 12.1 Å². The lowest BCUT2D eigenvalue weighted by Gasteiger charge is -2.28. The van der Waals surface area contributed by atoms with Gasteiger partial charge in [0.1, 0.15) is 5.57 Å². The first-order valence-corrected chi connectivity index (χ1v) is 10.9. The molecule has 166 valence electrons. The van der Waals surface area contributed by atoms with Crippen LogP contribution in [0.25, 0.3) is 6.08 Å². The van der Waals surface area contributed by atoms with E-state index in [0.717, 1.165) is 28.0 Å². The summed E-state index contributed by atoms with van der Waals surface area (Å²) in [6, 6.07) is 18.9. The molecule has 0 radical (unpaired) electrons. The van der Waals surface area contributed by atoms with Crippen molar-refractivity contribution in [1.82, 2.24) is 5.32 Å². The van der Waals surface area contributed by atoms with Crippen LogP contribution < -0.4 is 10.2 Å². The minimum atomic E-state index is -0.736. The quantitative estimate of drug-likeness (QED) is 0.451. The number of anilines is 1. The van der Waals surface area contributed by atoms with Crippen molar-refractivity contribution in [3.05, 3.63) is 105 Å². The van der Waals surface area contributed by atoms with Crippen LogP contribution in [-0.2, 0) is 16.0 Å². The maximum atomic E-state index is 13.2. The molecule has 1 saturated heterocycles. The number of imide groups is 2. The molecule has 1 fully saturated rings. The fourth-order valence-electron chi connectivity index (χ4n) is 4.16. The number of aryl methyl sites for hydroxylation is 3. The maximum Gasteiger partial charge on any atom is 0.335 e. The molecule has 0 atom stereocenters. The van der Waals surface area contributed by atoms with Gasteiger partial charge >= 0.3 is 6.03 Å². The van der Waals surface area contributed by atoms with Gasteiger partial charge in [-0.15, -0.1) is 0 Å². The van der Waals surface area contributed by atoms with Gasteiger partial charge in [-0.05, 0) is 74.1 Å². The van der Waals surface area contributed by atoms with Crippen molar-refractivity contribution in [3.8, 4) is 0 Å². The smallest absolute Gasteiger partial charge is 0.273 e. The zero-order valence-electron chi connectivity index (χ0n) is 19.2. The molecule has 1 aliphatic rings. The van der Waals surface area contributed by atoms with E-state index >= 15 is 0 Å². The van der Waals surface area contributed by atoms with Gasteiger partial charge in [0.2, 0.25) is 0 Å². The molecule has 0 saturated carbocycles. The molecule has 5 nitrogen and oxygen atoms in total. The van der Waals surface area contributed by atoms with Crippen LogP contribution in [0.15, 0.2) is 66.2 Å². The summed E-state index contributed by atoms with van der Waals surface area (Å²) in [4.78, 5) is 39.2. The summed E-state index contributed by atoms with van der Waals surface area (Å²) in [5.41, 5.74) is 7.72. The van der Waals surface area contributed by atoms with Crippen molar-refractivity contribution >= 4 is 29.6 Å². The van der Waals surface area contributed by atoms with E-state index in [-0.39, 0.29) is 5.57 Å². The Kier molecular flexibility index (Phi) is 5.97. The van der Waals surface area contributed by atoms with Gasteiger partial charge in [0.05, 0.1) is 5.69 Å². The summed E-state index contributed by atoms with van der Waals surface area (Å²) in [7, 11) is 0. The van der Waals surface area contributed by atoms with Crippen molar-refractivity contribution in [2.75, 3.05) is 4.90 Å². The molecule has 0 unspecified atom stereocenters. The summed E-state index contributed by atoms with van der Waals surface area (Å²) < 4.78 is 0. The van der Waals surface area contributed by atoms with Crippen LogP contribution in [0.4, 0.5) is 10.5 Å². The highest BCUT2D eigenvalue weighted by molar-refractivity contribution is 6.39. The largest absolute Gasteiger partial charge is 0.335 e. The Balaban J connectivity index is 1.60. The first-order chi connectivity index (χ1) is 15.7. The Hall–Kier alpha value is -3.99. The Labute approximate surface area is 193 Å². The van der Waals surface area contributed by atoms with Crippen LogP contribution in [0, 0.1) is 27.7 Å². The van der Waals surface area contributed by atoms with Crippen molar-refractivity contribution in [2.24, 2.45) is 0 Å². The fraction of sp³-hybridized carbons (Fsp3) is 0.179. The Morgan fingerprint density at radius 2 is 1.48 bits per heavy atom. The van der Waals surface area contributed by atoms with Gasteiger partial charge in [0.15, 0.2) is 0 Å². The highest BCUT2D eigenvalue weighted by Gasteiger charge is 2.37. The number of nitrogens with zero attached hydrogens (tertiary/aromatic N) is 1. The lowest BCUT2D eigenvalue weighted by Crippen LogP contribution is -2.54. The average molecular weight is 439 g/mol. The van der Waals surface area contributed by atoms with Crippen molar-refractivity contribution < 1.29 is 14.4 Å². The molecule has 0 spiro atoms. The van der Waals surface area contributed by atoms with Gasteiger partial charge in [-0.2, -0.15) is 0 Å². The van der Waals surface area contributed by atoms with Gasteiger partial charge in [0.25, 0.3) is 11.8 Å². The number of carbonyl (C=O) groups excluding carboxylic acids is 3. The van der Waals surface area contributed by atoms with E-state index < -0.39 is 17.8 Å². The van der Waals surface area contributed by atoms with Crippen LogP contribution in [0.1, 0.15) is 38.9 Å². The average Bonchev–Trinajstić information content (AvgIpc) is 2.74. The van der Waals surface area contributed by atoms with E-state index in [0.29, 0.717) is 11.3 Å². The topological polar surface area (TPSA) is 66.5 Å². The van der Waals surface area contributed by atoms with Crippen LogP contribution in [0.3, 0.4) is 0 Å². The number of hydrogen-bond acceptors (Lipinski definition) is 3. The molecule has 33 heavy (non-hydrogen) atoms. The third-order valence-electron chi connectivity index (χ3n) is 5.90. The Morgan fingerprint density at radius 3 is 2.15 bits per heavy atom. The van der Waals surface area contributed by atoms with Crippen LogP contribution in [0.2, 0.25) is 0 Å². The number of carbonyl (C=O) groups is 3. The summed E-state index contributed by atoms with van der Waals surface area (Å²) in [5.74, 6) is -1.32. The van der Waals surface area contributed by atoms with E-state index in [2.05, 4.69) is 37.4 Å². The van der Waals surface area contributed by atoms with Crippen LogP contribution in [-0.4, -0.2) is 17.8 Å². The molecular weight excluding hydrogens is 412 g/mol. The lowest BCUT2D eigenvalue weighted by atomic mass is 9.99. The molecule has 1 heterocycles. The summed E-state index contributed by atoms with van der Waals surface area (Å²) in [5, 5.41) is 2.29. The summed E-state index contributed by atoms with van der Waals surface area (Å²) in [6.45, 7) is 7.93. The summed E-state index contributed by atoms with van der Waals surface area (Å²) >= 11 is 0. The number of rotatable bonds is 4. The maximum absolute atomic E-state index is 13.2. The third kappa shape index (κ3) is 4.62. The molecule has 4 rings (SSSR count). The molecule has 3 aromatic carbocycles. The fourth-order valence-corrected chi connectivity index (χ4v) is 4.16. The normalized spacial score (nSPS) is 15.2. The molecule has 4 amide bonds. The zero-order chi connectivity index (χ0) is 23.7. The van der Waals surface area contributed by atoms with Gasteiger partial charge in [0, 0.05) is 0 Å². The standard InChI is InChI=1S/C28H26N2O3/c1-17-12-18(2)14-23(13-17)15-21-8-10-22(11-9-21)16-24-26(31)29-28(33)30(27(24)32)25-7-5-6-19(3)20(25)4/h5-14,16H,15H2,1-4H3,(H,29,31,33)/b24-16+. The molecule has 0 bridgehead atoms. The van der Waals surface area contributed by atoms with Crippen molar-refractivity contribution in [3.63, 3.8) is 0 Å². The third-order valence-corrected chi connectivity index (χ3v) is 5.90. The molecule has 3 aromatic rings. The highest BCUT2D eigenvalue weighted by atomic mass is 16.2. The van der Waals surface area contributed by atoms with E-state index in [1.165, 1.54) is 22.8 Å². The zero-order valence-corrected chi connectivity index (χ0v) is 19.2. The molecule has 0 aliphatic carbocycles. The van der Waals surface area contributed by atoms with Crippen molar-refractivity contribution in [2.45, 2.75) is 34.1 Å². The minimum Gasteiger partial charge on any atom is -0.273 e. The molecule has 1 aliphatic heterocycles. The number of barbiturate groups is 1. The SMILES string of the molecule is Cc1cc(C)cc(Cc2ccc(/C=C3\C(=O)NC(=O)N(c4cccc(C)c4C)C3=O)cc2)c1. The highest BCUT2D eigenvalue weighted by Crippen LogP contribution is 2.27. The second-order valence-electron chi connectivity index (χ2n) is 8.59. The van der Waals surface area contributed by atoms with Gasteiger partial charge in [-0.1, -0.05) is 65.7 Å². The van der Waals surface area contributed by atoms with E-state index in [4.69, 9.17) is 0 Å². The first-order valence-electron chi connectivity index (χ1n) is 10.9. The molecule has 1 N–H and O–H groups in total. The Morgan fingerprint density at radius 1 is 0.818 bits per heavy atom. The lowest BCUT2D eigenvalue weighted by molar-refractivity contribution is -0.122. The van der Waals surface area contributed by atoms with Gasteiger partial charge in [-0.3, -0.25) is 14.9 Å². The van der Waals surface area contributed by atoms with Gasteiger partial charge in [-0.25, -0.2) is 9.69 Å².